The molecule has 6 heteroatoms. The number of rotatable bonds is 8. The van der Waals surface area contributed by atoms with Crippen LogP contribution in [0.3, 0.4) is 0 Å². The summed E-state index contributed by atoms with van der Waals surface area (Å²) in [5.74, 6) is -0.233. The fourth-order valence-electron chi connectivity index (χ4n) is 4.00. The minimum Gasteiger partial charge on any atom is -0.370 e. The molecule has 2 N–H and O–H groups in total. The molecule has 1 aliphatic heterocycles. The minimum atomic E-state index is -0.300. The van der Waals surface area contributed by atoms with Crippen molar-refractivity contribution >= 4 is 11.8 Å². The largest absolute Gasteiger partial charge is 0.370 e. The molecule has 0 unspecified atom stereocenters. The normalized spacial score (nSPS) is 17.9. The van der Waals surface area contributed by atoms with E-state index in [9.17, 15) is 9.59 Å². The maximum atomic E-state index is 13.3. The van der Waals surface area contributed by atoms with E-state index in [0.717, 1.165) is 36.2 Å². The summed E-state index contributed by atoms with van der Waals surface area (Å²) in [4.78, 5) is 32.8. The van der Waals surface area contributed by atoms with Crippen molar-refractivity contribution in [2.24, 2.45) is 11.7 Å². The molecule has 1 saturated heterocycles. The van der Waals surface area contributed by atoms with E-state index in [1.165, 1.54) is 0 Å². The molecule has 1 fully saturated rings. The fraction of sp³-hybridized carbons (Fsp3) is 0.435. The summed E-state index contributed by atoms with van der Waals surface area (Å²) in [5.41, 5.74) is 8.74. The van der Waals surface area contributed by atoms with E-state index >= 15 is 0 Å². The minimum absolute atomic E-state index is 0.139. The lowest BCUT2D eigenvalue weighted by Gasteiger charge is -2.24. The molecular formula is C23H30N4O2. The number of carbonyl (C=O) groups excluding carboxylic acids is 2. The lowest BCUT2D eigenvalue weighted by molar-refractivity contribution is -0.134. The van der Waals surface area contributed by atoms with Crippen molar-refractivity contribution in [2.75, 3.05) is 32.7 Å². The van der Waals surface area contributed by atoms with Crippen LogP contribution in [0.25, 0.3) is 11.1 Å². The van der Waals surface area contributed by atoms with E-state index in [2.05, 4.69) is 28.9 Å². The van der Waals surface area contributed by atoms with Crippen molar-refractivity contribution < 1.29 is 9.59 Å². The van der Waals surface area contributed by atoms with Gasteiger partial charge in [0.2, 0.25) is 11.8 Å². The Morgan fingerprint density at radius 1 is 1.14 bits per heavy atom. The van der Waals surface area contributed by atoms with Crippen molar-refractivity contribution in [2.45, 2.75) is 26.2 Å². The van der Waals surface area contributed by atoms with Gasteiger partial charge in [-0.2, -0.15) is 0 Å². The first-order valence-electron chi connectivity index (χ1n) is 10.4. The smallest absolute Gasteiger partial charge is 0.227 e. The average Bonchev–Trinajstić information content (AvgIpc) is 2.87. The Labute approximate surface area is 172 Å². The third kappa shape index (κ3) is 5.64. The molecule has 1 atom stereocenters. The Hall–Kier alpha value is -2.73. The zero-order chi connectivity index (χ0) is 20.6. The van der Waals surface area contributed by atoms with Gasteiger partial charge < -0.3 is 15.5 Å². The van der Waals surface area contributed by atoms with E-state index in [-0.39, 0.29) is 17.7 Å². The van der Waals surface area contributed by atoms with Crippen molar-refractivity contribution in [3.63, 3.8) is 0 Å². The van der Waals surface area contributed by atoms with Crippen molar-refractivity contribution in [3.8, 4) is 11.1 Å². The number of pyridine rings is 1. The van der Waals surface area contributed by atoms with E-state index in [1.54, 1.807) is 12.4 Å². The third-order valence-corrected chi connectivity index (χ3v) is 5.47. The van der Waals surface area contributed by atoms with Gasteiger partial charge in [0, 0.05) is 51.5 Å². The molecule has 2 heterocycles. The van der Waals surface area contributed by atoms with Gasteiger partial charge in [-0.1, -0.05) is 31.2 Å². The highest BCUT2D eigenvalue weighted by Crippen LogP contribution is 2.27. The molecular weight excluding hydrogens is 364 g/mol. The SMILES string of the molecule is CCCN1CCN(CCC(N)=O)C[C@@H](Cc2ccccc2-c2ccncc2)C1=O. The Bertz CT molecular complexity index is 825. The van der Waals surface area contributed by atoms with Crippen LogP contribution in [-0.4, -0.2) is 59.3 Å². The van der Waals surface area contributed by atoms with E-state index < -0.39 is 0 Å². The predicted molar refractivity (Wildman–Crippen MR) is 114 cm³/mol. The maximum Gasteiger partial charge on any atom is 0.227 e. The van der Waals surface area contributed by atoms with Crippen LogP contribution in [0.5, 0.6) is 0 Å². The van der Waals surface area contributed by atoms with E-state index in [4.69, 9.17) is 5.73 Å². The highest BCUT2D eigenvalue weighted by atomic mass is 16.2. The summed E-state index contributed by atoms with van der Waals surface area (Å²) >= 11 is 0. The maximum absolute atomic E-state index is 13.3. The monoisotopic (exact) mass is 394 g/mol. The van der Waals surface area contributed by atoms with Gasteiger partial charge in [0.1, 0.15) is 0 Å². The lowest BCUT2D eigenvalue weighted by Crippen LogP contribution is -2.38. The fourth-order valence-corrected chi connectivity index (χ4v) is 4.00. The third-order valence-electron chi connectivity index (χ3n) is 5.47. The molecule has 1 aromatic heterocycles. The zero-order valence-electron chi connectivity index (χ0n) is 17.1. The Balaban J connectivity index is 1.84. The Morgan fingerprint density at radius 3 is 2.62 bits per heavy atom. The van der Waals surface area contributed by atoms with Crippen molar-refractivity contribution in [3.05, 3.63) is 54.4 Å². The molecule has 0 spiro atoms. The van der Waals surface area contributed by atoms with Gasteiger partial charge in [0.25, 0.3) is 0 Å². The van der Waals surface area contributed by atoms with Gasteiger partial charge in [0.05, 0.1) is 5.92 Å². The second-order valence-corrected chi connectivity index (χ2v) is 7.64. The van der Waals surface area contributed by atoms with Crippen LogP contribution in [0, 0.1) is 5.92 Å². The van der Waals surface area contributed by atoms with Crippen LogP contribution < -0.4 is 5.73 Å². The molecule has 0 bridgehead atoms. The Morgan fingerprint density at radius 2 is 1.90 bits per heavy atom. The number of aromatic nitrogens is 1. The summed E-state index contributed by atoms with van der Waals surface area (Å²) < 4.78 is 0. The number of primary amides is 1. The molecule has 2 aromatic rings. The van der Waals surface area contributed by atoms with Crippen molar-refractivity contribution in [1.82, 2.24) is 14.8 Å². The van der Waals surface area contributed by atoms with Gasteiger partial charge in [-0.25, -0.2) is 0 Å². The number of nitrogens with two attached hydrogens (primary N) is 1. The molecule has 0 radical (unpaired) electrons. The highest BCUT2D eigenvalue weighted by Gasteiger charge is 2.30. The standard InChI is InChI=1S/C23H30N4O2/c1-2-12-27-15-14-26(13-9-22(24)28)17-20(23(27)29)16-19-5-3-4-6-21(19)18-7-10-25-11-8-18/h3-8,10-11,20H,2,9,12-17H2,1H3,(H2,24,28)/t20-/m1/s1. The zero-order valence-corrected chi connectivity index (χ0v) is 17.1. The highest BCUT2D eigenvalue weighted by molar-refractivity contribution is 5.80. The molecule has 3 rings (SSSR count). The number of carbonyl (C=O) groups is 2. The van der Waals surface area contributed by atoms with Crippen LogP contribution in [0.1, 0.15) is 25.3 Å². The number of amides is 2. The molecule has 2 amide bonds. The van der Waals surface area contributed by atoms with E-state index in [0.29, 0.717) is 32.5 Å². The number of hydrogen-bond donors (Lipinski definition) is 1. The predicted octanol–water partition coefficient (Wildman–Crippen LogP) is 2.34. The molecule has 1 aromatic carbocycles. The van der Waals surface area contributed by atoms with Crippen LogP contribution in [0.15, 0.2) is 48.8 Å². The van der Waals surface area contributed by atoms with Gasteiger partial charge >= 0.3 is 0 Å². The summed E-state index contributed by atoms with van der Waals surface area (Å²) in [7, 11) is 0. The van der Waals surface area contributed by atoms with Crippen molar-refractivity contribution in [1.29, 1.82) is 0 Å². The first-order valence-corrected chi connectivity index (χ1v) is 10.4. The van der Waals surface area contributed by atoms with Crippen LogP contribution in [0.4, 0.5) is 0 Å². The lowest BCUT2D eigenvalue weighted by atomic mass is 9.91. The topological polar surface area (TPSA) is 79.5 Å². The summed E-state index contributed by atoms with van der Waals surface area (Å²) in [6.45, 7) is 5.60. The number of hydrogen-bond acceptors (Lipinski definition) is 4. The molecule has 0 aliphatic carbocycles. The van der Waals surface area contributed by atoms with E-state index in [1.807, 2.05) is 29.2 Å². The quantitative estimate of drug-likeness (QED) is 0.745. The summed E-state index contributed by atoms with van der Waals surface area (Å²) in [6, 6.07) is 12.2. The van der Waals surface area contributed by atoms with Gasteiger partial charge in [-0.15, -0.1) is 0 Å². The van der Waals surface area contributed by atoms with Gasteiger partial charge in [-0.05, 0) is 41.7 Å². The second kappa shape index (κ2) is 10.2. The van der Waals surface area contributed by atoms with Gasteiger partial charge in [-0.3, -0.25) is 14.6 Å². The molecule has 29 heavy (non-hydrogen) atoms. The molecule has 154 valence electrons. The van der Waals surface area contributed by atoms with Gasteiger partial charge in [0.15, 0.2) is 0 Å². The summed E-state index contributed by atoms with van der Waals surface area (Å²) in [5, 5.41) is 0. The Kier molecular flexibility index (Phi) is 7.36. The number of nitrogens with zero attached hydrogens (tertiary/aromatic N) is 3. The summed E-state index contributed by atoms with van der Waals surface area (Å²) in [6.07, 6.45) is 5.51. The number of benzene rings is 1. The average molecular weight is 395 g/mol. The second-order valence-electron chi connectivity index (χ2n) is 7.64. The first-order chi connectivity index (χ1) is 14.1. The van der Waals surface area contributed by atoms with Crippen LogP contribution in [-0.2, 0) is 16.0 Å². The molecule has 6 nitrogen and oxygen atoms in total. The molecule has 1 aliphatic rings. The molecule has 0 saturated carbocycles. The van der Waals surface area contributed by atoms with Crippen LogP contribution >= 0.6 is 0 Å². The first kappa shape index (κ1) is 21.0. The van der Waals surface area contributed by atoms with Crippen LogP contribution in [0.2, 0.25) is 0 Å².